The Morgan fingerprint density at radius 1 is 1.00 bits per heavy atom. The first-order chi connectivity index (χ1) is 16.6. The predicted molar refractivity (Wildman–Crippen MR) is 121 cm³/mol. The summed E-state index contributed by atoms with van der Waals surface area (Å²) in [6.07, 6.45) is -1.71. The Bertz CT molecular complexity index is 1330. The Labute approximate surface area is 202 Å². The molecule has 0 bridgehead atoms. The molecule has 1 aliphatic rings. The maximum absolute atomic E-state index is 14.6. The molecule has 0 saturated heterocycles. The number of benzene rings is 3. The van der Waals surface area contributed by atoms with Crippen LogP contribution in [-0.2, 0) is 9.59 Å². The summed E-state index contributed by atoms with van der Waals surface area (Å²) < 4.78 is 57.0. The van der Waals surface area contributed by atoms with Gasteiger partial charge in [-0.05, 0) is 35.4 Å². The number of carboxylic acids is 1. The molecule has 0 saturated carbocycles. The number of hydrogen-bond donors (Lipinski definition) is 1. The zero-order chi connectivity index (χ0) is 25.3. The highest BCUT2D eigenvalue weighted by molar-refractivity contribution is 6.30. The van der Waals surface area contributed by atoms with Gasteiger partial charge in [0.1, 0.15) is 18.1 Å². The highest BCUT2D eigenvalue weighted by Crippen LogP contribution is 2.39. The van der Waals surface area contributed by atoms with Gasteiger partial charge in [-0.15, -0.1) is 0 Å². The van der Waals surface area contributed by atoms with Crippen molar-refractivity contribution in [3.8, 4) is 11.1 Å². The number of carboxylic acid groups (broad SMARTS) is 1. The van der Waals surface area contributed by atoms with Gasteiger partial charge in [0.05, 0.1) is 11.8 Å². The molecule has 5 nitrogen and oxygen atoms in total. The van der Waals surface area contributed by atoms with Crippen LogP contribution in [0.1, 0.15) is 30.0 Å². The Kier molecular flexibility index (Phi) is 6.62. The molecule has 35 heavy (non-hydrogen) atoms. The first-order valence-corrected chi connectivity index (χ1v) is 10.8. The van der Waals surface area contributed by atoms with Crippen molar-refractivity contribution in [1.29, 1.82) is 0 Å². The minimum atomic E-state index is -4.21. The first kappa shape index (κ1) is 24.4. The van der Waals surface area contributed by atoms with Crippen molar-refractivity contribution in [1.82, 2.24) is 5.01 Å². The van der Waals surface area contributed by atoms with E-state index in [1.54, 1.807) is 36.4 Å². The third kappa shape index (κ3) is 5.05. The van der Waals surface area contributed by atoms with E-state index in [2.05, 4.69) is 5.10 Å². The molecule has 1 aliphatic heterocycles. The SMILES string of the molecule is O=C(O)CC(F)(F)C(=O)N1N=C(c2ccccc2-c2ccc(F)cc2F)CC1c1ccc(Cl)cc1. The Morgan fingerprint density at radius 3 is 2.29 bits per heavy atom. The molecule has 4 rings (SSSR count). The molecule has 0 fully saturated rings. The summed E-state index contributed by atoms with van der Waals surface area (Å²) in [6.45, 7) is 0. The average molecular weight is 505 g/mol. The van der Waals surface area contributed by atoms with Crippen LogP contribution in [0.5, 0.6) is 0 Å². The number of hydrazone groups is 1. The predicted octanol–water partition coefficient (Wildman–Crippen LogP) is 6.07. The number of carbonyl (C=O) groups is 2. The topological polar surface area (TPSA) is 70.0 Å². The summed E-state index contributed by atoms with van der Waals surface area (Å²) in [5.74, 6) is -9.42. The molecule has 1 heterocycles. The summed E-state index contributed by atoms with van der Waals surface area (Å²) >= 11 is 5.93. The molecule has 0 spiro atoms. The van der Waals surface area contributed by atoms with Gasteiger partial charge in [0.15, 0.2) is 0 Å². The number of rotatable bonds is 6. The van der Waals surface area contributed by atoms with Crippen LogP contribution < -0.4 is 0 Å². The molecular weight excluding hydrogens is 488 g/mol. The van der Waals surface area contributed by atoms with Gasteiger partial charge in [-0.3, -0.25) is 9.59 Å². The molecule has 180 valence electrons. The lowest BCUT2D eigenvalue weighted by Crippen LogP contribution is -2.42. The van der Waals surface area contributed by atoms with Crippen LogP contribution in [0.2, 0.25) is 5.02 Å². The van der Waals surface area contributed by atoms with E-state index in [4.69, 9.17) is 16.7 Å². The number of nitrogens with zero attached hydrogens (tertiary/aromatic N) is 2. The smallest absolute Gasteiger partial charge is 0.337 e. The standard InChI is InChI=1S/C25H17ClF4N2O3/c26-15-7-5-14(6-8-15)22-12-21(31-32(22)24(35)25(29,30)13-23(33)34)19-4-2-1-3-17(19)18-10-9-16(27)11-20(18)28/h1-11,22H,12-13H2,(H,33,34). The second-order valence-electron chi connectivity index (χ2n) is 7.91. The molecule has 0 aromatic heterocycles. The van der Waals surface area contributed by atoms with E-state index < -0.39 is 41.9 Å². The van der Waals surface area contributed by atoms with E-state index >= 15 is 0 Å². The Hall–Kier alpha value is -3.72. The summed E-state index contributed by atoms with van der Waals surface area (Å²) in [6, 6.07) is 14.6. The minimum absolute atomic E-state index is 0.0175. The highest BCUT2D eigenvalue weighted by Gasteiger charge is 2.48. The Morgan fingerprint density at radius 2 is 1.66 bits per heavy atom. The fourth-order valence-corrected chi connectivity index (χ4v) is 4.04. The van der Waals surface area contributed by atoms with Crippen LogP contribution in [0, 0.1) is 11.6 Å². The fourth-order valence-electron chi connectivity index (χ4n) is 3.92. The van der Waals surface area contributed by atoms with Crippen LogP contribution in [0.3, 0.4) is 0 Å². The molecular formula is C25H17ClF4N2O3. The zero-order valence-electron chi connectivity index (χ0n) is 17.9. The second-order valence-corrected chi connectivity index (χ2v) is 8.35. The summed E-state index contributed by atoms with van der Waals surface area (Å²) in [7, 11) is 0. The van der Waals surface area contributed by atoms with Gasteiger partial charge in [0, 0.05) is 28.6 Å². The third-order valence-electron chi connectivity index (χ3n) is 5.52. The molecule has 1 amide bonds. The summed E-state index contributed by atoms with van der Waals surface area (Å²) in [5, 5.41) is 13.9. The van der Waals surface area contributed by atoms with E-state index in [9.17, 15) is 27.2 Å². The maximum Gasteiger partial charge on any atom is 0.337 e. The Balaban J connectivity index is 1.80. The molecule has 1 atom stereocenters. The normalized spacial score (nSPS) is 15.7. The largest absolute Gasteiger partial charge is 0.481 e. The van der Waals surface area contributed by atoms with Crippen molar-refractivity contribution in [2.45, 2.75) is 24.8 Å². The monoisotopic (exact) mass is 504 g/mol. The van der Waals surface area contributed by atoms with Gasteiger partial charge in [-0.2, -0.15) is 13.9 Å². The molecule has 0 radical (unpaired) electrons. The first-order valence-electron chi connectivity index (χ1n) is 10.4. The lowest BCUT2D eigenvalue weighted by atomic mass is 9.92. The van der Waals surface area contributed by atoms with E-state index in [0.717, 1.165) is 12.1 Å². The molecule has 0 aliphatic carbocycles. The van der Waals surface area contributed by atoms with Gasteiger partial charge in [0.25, 0.3) is 0 Å². The van der Waals surface area contributed by atoms with E-state index in [-0.39, 0.29) is 17.7 Å². The second kappa shape index (κ2) is 9.50. The number of aliphatic carboxylic acids is 1. The molecule has 3 aromatic carbocycles. The van der Waals surface area contributed by atoms with Gasteiger partial charge >= 0.3 is 17.8 Å². The van der Waals surface area contributed by atoms with E-state index in [1.807, 2.05) is 0 Å². The van der Waals surface area contributed by atoms with Gasteiger partial charge < -0.3 is 5.11 Å². The van der Waals surface area contributed by atoms with Crippen LogP contribution in [-0.4, -0.2) is 33.6 Å². The lowest BCUT2D eigenvalue weighted by molar-refractivity contribution is -0.167. The molecule has 10 heteroatoms. The number of alkyl halides is 2. The molecule has 1 unspecified atom stereocenters. The maximum atomic E-state index is 14.6. The average Bonchev–Trinajstić information content (AvgIpc) is 3.23. The van der Waals surface area contributed by atoms with Crippen LogP contribution in [0.4, 0.5) is 17.6 Å². The number of carbonyl (C=O) groups excluding carboxylic acids is 1. The van der Waals surface area contributed by atoms with Crippen molar-refractivity contribution >= 4 is 29.2 Å². The molecule has 1 N–H and O–H groups in total. The zero-order valence-corrected chi connectivity index (χ0v) is 18.6. The quantitative estimate of drug-likeness (QED) is 0.414. The van der Waals surface area contributed by atoms with Gasteiger partial charge in [-0.1, -0.05) is 48.0 Å². The summed E-state index contributed by atoms with van der Waals surface area (Å²) in [5.41, 5.74) is 1.38. The van der Waals surface area contributed by atoms with Crippen LogP contribution in [0.15, 0.2) is 71.8 Å². The minimum Gasteiger partial charge on any atom is -0.481 e. The lowest BCUT2D eigenvalue weighted by Gasteiger charge is -2.25. The van der Waals surface area contributed by atoms with Crippen molar-refractivity contribution in [3.05, 3.63) is 94.5 Å². The fraction of sp³-hybridized carbons (Fsp3) is 0.160. The number of amides is 1. The molecule has 3 aromatic rings. The van der Waals surface area contributed by atoms with Crippen LogP contribution in [0.25, 0.3) is 11.1 Å². The van der Waals surface area contributed by atoms with Crippen molar-refractivity contribution in [2.24, 2.45) is 5.10 Å². The van der Waals surface area contributed by atoms with E-state index in [1.165, 1.54) is 18.2 Å². The van der Waals surface area contributed by atoms with Crippen molar-refractivity contribution < 1.29 is 32.3 Å². The van der Waals surface area contributed by atoms with Crippen LogP contribution >= 0.6 is 11.6 Å². The van der Waals surface area contributed by atoms with Crippen molar-refractivity contribution in [2.75, 3.05) is 0 Å². The van der Waals surface area contributed by atoms with Crippen molar-refractivity contribution in [3.63, 3.8) is 0 Å². The third-order valence-corrected chi connectivity index (χ3v) is 5.77. The van der Waals surface area contributed by atoms with Gasteiger partial charge in [0.2, 0.25) is 0 Å². The summed E-state index contributed by atoms with van der Waals surface area (Å²) in [4.78, 5) is 23.7. The van der Waals surface area contributed by atoms with Gasteiger partial charge in [-0.25, -0.2) is 13.8 Å². The number of hydrogen-bond acceptors (Lipinski definition) is 3. The van der Waals surface area contributed by atoms with E-state index in [0.29, 0.717) is 26.7 Å². The highest BCUT2D eigenvalue weighted by atomic mass is 35.5. The number of halogens is 5.